The molecule has 2 aromatic rings. The van der Waals surface area contributed by atoms with Crippen LogP contribution in [-0.4, -0.2) is 41.5 Å². The van der Waals surface area contributed by atoms with E-state index in [2.05, 4.69) is 55.6 Å². The van der Waals surface area contributed by atoms with Gasteiger partial charge in [0.1, 0.15) is 0 Å². The number of nitrogens with one attached hydrogen (secondary N) is 2. The maximum absolute atomic E-state index is 4.50. The van der Waals surface area contributed by atoms with E-state index in [0.717, 1.165) is 37.2 Å². The van der Waals surface area contributed by atoms with Gasteiger partial charge in [-0.25, -0.2) is 0 Å². The second-order valence-electron chi connectivity index (χ2n) is 5.98. The zero-order chi connectivity index (χ0) is 17.5. The summed E-state index contributed by atoms with van der Waals surface area (Å²) < 4.78 is 0. The van der Waals surface area contributed by atoms with Crippen molar-refractivity contribution in [2.24, 2.45) is 5.73 Å². The van der Waals surface area contributed by atoms with Crippen LogP contribution < -0.4 is 16.4 Å². The van der Waals surface area contributed by atoms with Gasteiger partial charge in [-0.3, -0.25) is 9.97 Å². The summed E-state index contributed by atoms with van der Waals surface area (Å²) in [7, 11) is 1.50. The molecule has 0 atom stereocenters. The summed E-state index contributed by atoms with van der Waals surface area (Å²) in [6.07, 6.45) is 10.4. The number of hydrogen-bond acceptors (Lipinski definition) is 6. The number of rotatable bonds is 4. The van der Waals surface area contributed by atoms with Gasteiger partial charge in [0.25, 0.3) is 0 Å². The Bertz CT molecular complexity index is 761. The predicted octanol–water partition coefficient (Wildman–Crippen LogP) is 1.72. The van der Waals surface area contributed by atoms with E-state index in [4.69, 9.17) is 0 Å². The number of likely N-dealkylation sites (tertiary alicyclic amines) is 1. The molecule has 1 aromatic heterocycles. The molecule has 6 heteroatoms. The topological polar surface area (TPSA) is 79.1 Å². The molecule has 0 unspecified atom stereocenters. The molecule has 2 aliphatic rings. The molecule has 0 spiro atoms. The summed E-state index contributed by atoms with van der Waals surface area (Å²) in [5.41, 5.74) is 10.1. The Morgan fingerprint density at radius 1 is 1.12 bits per heavy atom. The molecule has 1 fully saturated rings. The monoisotopic (exact) mass is 338 g/mol. The van der Waals surface area contributed by atoms with E-state index in [0.29, 0.717) is 0 Å². The van der Waals surface area contributed by atoms with Crippen molar-refractivity contribution in [1.82, 2.24) is 25.5 Å². The normalized spacial score (nSPS) is 16.5. The average Bonchev–Trinajstić information content (AvgIpc) is 3.23. The van der Waals surface area contributed by atoms with E-state index >= 15 is 0 Å². The van der Waals surface area contributed by atoms with Crippen LogP contribution in [0.1, 0.15) is 18.4 Å². The molecule has 2 aliphatic heterocycles. The highest BCUT2D eigenvalue weighted by Crippen LogP contribution is 2.21. The fourth-order valence-corrected chi connectivity index (χ4v) is 3.22. The molecule has 0 aliphatic carbocycles. The molecule has 1 aromatic carbocycles. The molecule has 0 amide bonds. The van der Waals surface area contributed by atoms with Crippen molar-refractivity contribution in [3.63, 3.8) is 0 Å². The lowest BCUT2D eigenvalue weighted by atomic mass is 10.1. The van der Waals surface area contributed by atoms with E-state index < -0.39 is 0 Å². The third-order valence-electron chi connectivity index (χ3n) is 4.40. The van der Waals surface area contributed by atoms with Gasteiger partial charge in [-0.15, -0.1) is 0 Å². The van der Waals surface area contributed by atoms with Crippen molar-refractivity contribution >= 4 is 11.0 Å². The number of aromatic nitrogens is 2. The number of fused-ring (bicyclic) bond motifs is 1. The van der Waals surface area contributed by atoms with Gasteiger partial charge in [0.15, 0.2) is 0 Å². The fourth-order valence-electron chi connectivity index (χ4n) is 3.22. The predicted molar refractivity (Wildman–Crippen MR) is 101 cm³/mol. The lowest BCUT2D eigenvalue weighted by Crippen LogP contribution is -2.31. The van der Waals surface area contributed by atoms with Crippen molar-refractivity contribution in [2.75, 3.05) is 26.7 Å². The Kier molecular flexibility index (Phi) is 5.85. The van der Waals surface area contributed by atoms with E-state index in [9.17, 15) is 0 Å². The molecule has 1 saturated heterocycles. The summed E-state index contributed by atoms with van der Waals surface area (Å²) in [5, 5.41) is 6.87. The molecule has 25 heavy (non-hydrogen) atoms. The Labute approximate surface area is 148 Å². The minimum absolute atomic E-state index is 0.783. The molecule has 0 radical (unpaired) electrons. The van der Waals surface area contributed by atoms with Crippen LogP contribution in [-0.2, 0) is 6.54 Å². The van der Waals surface area contributed by atoms with Crippen LogP contribution in [0.4, 0.5) is 0 Å². The molecular formula is C19H26N6. The van der Waals surface area contributed by atoms with E-state index in [1.807, 2.05) is 6.07 Å². The summed E-state index contributed by atoms with van der Waals surface area (Å²) in [5.74, 6) is 0. The van der Waals surface area contributed by atoms with Gasteiger partial charge in [-0.1, -0.05) is 6.07 Å². The Morgan fingerprint density at radius 3 is 2.68 bits per heavy atom. The molecule has 0 bridgehead atoms. The van der Waals surface area contributed by atoms with Crippen LogP contribution >= 0.6 is 0 Å². The van der Waals surface area contributed by atoms with Crippen LogP contribution in [0.15, 0.2) is 54.3 Å². The van der Waals surface area contributed by atoms with E-state index in [1.165, 1.54) is 36.8 Å². The Balaban J connectivity index is 0.000000880. The van der Waals surface area contributed by atoms with Crippen LogP contribution in [0.2, 0.25) is 0 Å². The van der Waals surface area contributed by atoms with Crippen molar-refractivity contribution < 1.29 is 0 Å². The number of nitrogens with two attached hydrogens (primary N) is 1. The number of benzene rings is 1. The van der Waals surface area contributed by atoms with Gasteiger partial charge in [0.05, 0.1) is 22.4 Å². The number of dihydropyridines is 1. The first-order valence-corrected chi connectivity index (χ1v) is 8.80. The largest absolute Gasteiger partial charge is 0.386 e. The standard InChI is InChI=1S/C18H21N5.CH5N/c1-2-10-23(9-1)18-5-6-19-13-17(18)22-12-14-3-4-15-16(11-14)21-8-7-20-15;1-2/h3-5,7-8,11,13,19,22H,1-2,6,9-10,12H2;2H2,1H3. The minimum atomic E-state index is 0.783. The van der Waals surface area contributed by atoms with Crippen molar-refractivity contribution in [3.8, 4) is 0 Å². The zero-order valence-corrected chi connectivity index (χ0v) is 14.7. The van der Waals surface area contributed by atoms with Crippen molar-refractivity contribution in [3.05, 3.63) is 59.8 Å². The number of nitrogens with zero attached hydrogens (tertiary/aromatic N) is 3. The van der Waals surface area contributed by atoms with Gasteiger partial charge in [-0.05, 0) is 43.7 Å². The molecule has 6 nitrogen and oxygen atoms in total. The zero-order valence-electron chi connectivity index (χ0n) is 14.7. The highest BCUT2D eigenvalue weighted by Gasteiger charge is 2.19. The van der Waals surface area contributed by atoms with Crippen molar-refractivity contribution in [2.45, 2.75) is 19.4 Å². The maximum Gasteiger partial charge on any atom is 0.0890 e. The fraction of sp³-hybridized carbons (Fsp3) is 0.368. The molecule has 4 rings (SSSR count). The first kappa shape index (κ1) is 17.2. The smallest absolute Gasteiger partial charge is 0.0890 e. The van der Waals surface area contributed by atoms with Crippen LogP contribution in [0.25, 0.3) is 11.0 Å². The minimum Gasteiger partial charge on any atom is -0.386 e. The molecule has 4 N–H and O–H groups in total. The van der Waals surface area contributed by atoms with Gasteiger partial charge in [-0.2, -0.15) is 0 Å². The molecule has 3 heterocycles. The van der Waals surface area contributed by atoms with E-state index in [-0.39, 0.29) is 0 Å². The lowest BCUT2D eigenvalue weighted by molar-refractivity contribution is 0.421. The summed E-state index contributed by atoms with van der Waals surface area (Å²) >= 11 is 0. The maximum atomic E-state index is 4.50. The van der Waals surface area contributed by atoms with Crippen LogP contribution in [0.5, 0.6) is 0 Å². The van der Waals surface area contributed by atoms with Gasteiger partial charge < -0.3 is 21.3 Å². The number of hydrogen-bond donors (Lipinski definition) is 3. The third-order valence-corrected chi connectivity index (χ3v) is 4.40. The van der Waals surface area contributed by atoms with Gasteiger partial charge in [0, 0.05) is 44.8 Å². The van der Waals surface area contributed by atoms with Gasteiger partial charge >= 0.3 is 0 Å². The SMILES string of the molecule is C1=C(NCc2ccc3nccnc3c2)C(N2CCCC2)=CCN1.CN. The molecular weight excluding hydrogens is 312 g/mol. The molecule has 132 valence electrons. The molecule has 0 saturated carbocycles. The third kappa shape index (κ3) is 4.09. The Morgan fingerprint density at radius 2 is 1.88 bits per heavy atom. The Hall–Kier alpha value is -2.60. The summed E-state index contributed by atoms with van der Waals surface area (Å²) in [6.45, 7) is 4.01. The van der Waals surface area contributed by atoms with Crippen LogP contribution in [0, 0.1) is 0 Å². The lowest BCUT2D eigenvalue weighted by Gasteiger charge is -2.27. The van der Waals surface area contributed by atoms with E-state index in [1.54, 1.807) is 12.4 Å². The summed E-state index contributed by atoms with van der Waals surface area (Å²) in [6, 6.07) is 6.25. The highest BCUT2D eigenvalue weighted by atomic mass is 15.2. The summed E-state index contributed by atoms with van der Waals surface area (Å²) in [4.78, 5) is 11.2. The second kappa shape index (κ2) is 8.48. The highest BCUT2D eigenvalue weighted by molar-refractivity contribution is 5.74. The average molecular weight is 338 g/mol. The first-order valence-electron chi connectivity index (χ1n) is 8.80. The van der Waals surface area contributed by atoms with Gasteiger partial charge in [0.2, 0.25) is 0 Å². The first-order chi connectivity index (χ1) is 12.4. The quantitative estimate of drug-likeness (QED) is 0.788. The van der Waals surface area contributed by atoms with Crippen LogP contribution in [0.3, 0.4) is 0 Å². The second-order valence-corrected chi connectivity index (χ2v) is 5.98. The van der Waals surface area contributed by atoms with Crippen molar-refractivity contribution in [1.29, 1.82) is 0 Å².